The Morgan fingerprint density at radius 2 is 2.17 bits per heavy atom. The summed E-state index contributed by atoms with van der Waals surface area (Å²) in [5, 5.41) is 9.46. The lowest BCUT2D eigenvalue weighted by molar-refractivity contribution is 0.199. The van der Waals surface area contributed by atoms with Crippen molar-refractivity contribution >= 4 is 5.69 Å². The maximum absolute atomic E-state index is 14.1. The van der Waals surface area contributed by atoms with Crippen molar-refractivity contribution in [3.63, 3.8) is 0 Å². The average molecular weight is 251 g/mol. The molecule has 1 N–H and O–H groups in total. The first-order valence-corrected chi connectivity index (χ1v) is 6.84. The van der Waals surface area contributed by atoms with Gasteiger partial charge in [-0.2, -0.15) is 0 Å². The molecule has 0 amide bonds. The van der Waals surface area contributed by atoms with Gasteiger partial charge in [0, 0.05) is 13.1 Å². The zero-order valence-electron chi connectivity index (χ0n) is 11.2. The van der Waals surface area contributed by atoms with Crippen LogP contribution in [0, 0.1) is 11.7 Å². The number of aliphatic hydroxyl groups is 1. The van der Waals surface area contributed by atoms with Crippen LogP contribution >= 0.6 is 0 Å². The molecule has 1 fully saturated rings. The number of nitrogens with zero attached hydrogens (tertiary/aromatic N) is 1. The topological polar surface area (TPSA) is 23.5 Å². The molecule has 0 heterocycles. The summed E-state index contributed by atoms with van der Waals surface area (Å²) in [5.74, 6) is 0.523. The number of benzene rings is 1. The van der Waals surface area contributed by atoms with Crippen molar-refractivity contribution in [1.29, 1.82) is 0 Å². The van der Waals surface area contributed by atoms with Gasteiger partial charge >= 0.3 is 0 Å². The maximum Gasteiger partial charge on any atom is 0.146 e. The summed E-state index contributed by atoms with van der Waals surface area (Å²) in [6.45, 7) is 5.62. The Balaban J connectivity index is 2.17. The van der Waals surface area contributed by atoms with Crippen LogP contribution in [0.2, 0.25) is 0 Å². The minimum atomic E-state index is -0.614. The second-order valence-electron chi connectivity index (χ2n) is 5.28. The predicted molar refractivity (Wildman–Crippen MR) is 72.3 cm³/mol. The largest absolute Gasteiger partial charge is 0.389 e. The van der Waals surface area contributed by atoms with Crippen LogP contribution in [0.25, 0.3) is 0 Å². The second kappa shape index (κ2) is 5.70. The van der Waals surface area contributed by atoms with Crippen molar-refractivity contribution in [2.45, 2.75) is 39.2 Å². The third-order valence-corrected chi connectivity index (χ3v) is 3.46. The molecule has 0 radical (unpaired) electrons. The zero-order valence-corrected chi connectivity index (χ0v) is 11.2. The minimum absolute atomic E-state index is 0.220. The molecular formula is C15H22FNO. The summed E-state index contributed by atoms with van der Waals surface area (Å²) in [5.41, 5.74) is 1.31. The Morgan fingerprint density at radius 1 is 1.44 bits per heavy atom. The number of anilines is 1. The van der Waals surface area contributed by atoms with Crippen molar-refractivity contribution in [1.82, 2.24) is 0 Å². The fourth-order valence-electron chi connectivity index (χ4n) is 2.23. The summed E-state index contributed by atoms with van der Waals surface area (Å²) in [6, 6.07) is 5.07. The van der Waals surface area contributed by atoms with Gasteiger partial charge in [-0.1, -0.05) is 13.0 Å². The molecular weight excluding hydrogens is 229 g/mol. The predicted octanol–water partition coefficient (Wildman–Crippen LogP) is 3.51. The van der Waals surface area contributed by atoms with E-state index in [1.54, 1.807) is 13.0 Å². The molecule has 1 aliphatic carbocycles. The lowest BCUT2D eigenvalue weighted by Gasteiger charge is -2.25. The molecule has 1 atom stereocenters. The number of aliphatic hydroxyl groups excluding tert-OH is 1. The molecule has 0 saturated heterocycles. The Kier molecular flexibility index (Phi) is 4.23. The highest BCUT2D eigenvalue weighted by Gasteiger charge is 2.25. The van der Waals surface area contributed by atoms with Crippen LogP contribution in [0.4, 0.5) is 10.1 Å². The van der Waals surface area contributed by atoms with Gasteiger partial charge in [-0.05, 0) is 49.8 Å². The van der Waals surface area contributed by atoms with Gasteiger partial charge in [0.25, 0.3) is 0 Å². The van der Waals surface area contributed by atoms with E-state index in [2.05, 4.69) is 11.8 Å². The van der Waals surface area contributed by atoms with Crippen LogP contribution in [0.3, 0.4) is 0 Å². The summed E-state index contributed by atoms with van der Waals surface area (Å²) in [4.78, 5) is 2.14. The number of hydrogen-bond acceptors (Lipinski definition) is 2. The van der Waals surface area contributed by atoms with Crippen molar-refractivity contribution in [3.8, 4) is 0 Å². The van der Waals surface area contributed by atoms with Crippen LogP contribution in [0.5, 0.6) is 0 Å². The standard InChI is InChI=1S/C15H22FNO/c1-3-8-17(10-12-4-5-12)15-7-6-13(11(2)18)9-14(15)16/h6-7,9,11-12,18H,3-5,8,10H2,1-2H3/t11-/m1/s1. The Morgan fingerprint density at radius 3 is 2.67 bits per heavy atom. The van der Waals surface area contributed by atoms with E-state index < -0.39 is 6.10 Å². The summed E-state index contributed by atoms with van der Waals surface area (Å²) < 4.78 is 14.1. The molecule has 2 nitrogen and oxygen atoms in total. The molecule has 1 aromatic carbocycles. The van der Waals surface area contributed by atoms with Crippen LogP contribution in [-0.2, 0) is 0 Å². The highest BCUT2D eigenvalue weighted by Crippen LogP contribution is 2.32. The molecule has 2 rings (SSSR count). The van der Waals surface area contributed by atoms with Gasteiger partial charge in [-0.25, -0.2) is 4.39 Å². The van der Waals surface area contributed by atoms with Crippen LogP contribution < -0.4 is 4.90 Å². The van der Waals surface area contributed by atoms with E-state index in [1.807, 2.05) is 6.07 Å². The van der Waals surface area contributed by atoms with Gasteiger partial charge in [0.1, 0.15) is 5.82 Å². The fraction of sp³-hybridized carbons (Fsp3) is 0.600. The third-order valence-electron chi connectivity index (χ3n) is 3.46. The van der Waals surface area contributed by atoms with Gasteiger partial charge < -0.3 is 10.0 Å². The maximum atomic E-state index is 14.1. The molecule has 0 bridgehead atoms. The van der Waals surface area contributed by atoms with Gasteiger partial charge in [0.15, 0.2) is 0 Å². The van der Waals surface area contributed by atoms with Gasteiger partial charge in [0.05, 0.1) is 11.8 Å². The summed E-state index contributed by atoms with van der Waals surface area (Å²) in [6.07, 6.45) is 2.95. The SMILES string of the molecule is CCCN(CC1CC1)c1ccc([C@@H](C)O)cc1F. The monoisotopic (exact) mass is 251 g/mol. The molecule has 1 aromatic rings. The smallest absolute Gasteiger partial charge is 0.146 e. The summed E-state index contributed by atoms with van der Waals surface area (Å²) >= 11 is 0. The van der Waals surface area contributed by atoms with Crippen molar-refractivity contribution in [2.75, 3.05) is 18.0 Å². The van der Waals surface area contributed by atoms with Crippen LogP contribution in [0.1, 0.15) is 44.8 Å². The van der Waals surface area contributed by atoms with Crippen molar-refractivity contribution < 1.29 is 9.50 Å². The lowest BCUT2D eigenvalue weighted by Crippen LogP contribution is -2.27. The quantitative estimate of drug-likeness (QED) is 0.836. The molecule has 100 valence electrons. The van der Waals surface area contributed by atoms with Gasteiger partial charge in [-0.15, -0.1) is 0 Å². The highest BCUT2D eigenvalue weighted by molar-refractivity contribution is 5.49. The van der Waals surface area contributed by atoms with E-state index in [4.69, 9.17) is 0 Å². The van der Waals surface area contributed by atoms with Crippen molar-refractivity contribution in [2.24, 2.45) is 5.92 Å². The lowest BCUT2D eigenvalue weighted by atomic mass is 10.1. The zero-order chi connectivity index (χ0) is 13.1. The molecule has 0 unspecified atom stereocenters. The Labute approximate surface area is 108 Å². The second-order valence-corrected chi connectivity index (χ2v) is 5.28. The Bertz CT molecular complexity index is 401. The first-order chi connectivity index (χ1) is 8.61. The normalized spacial score (nSPS) is 16.7. The average Bonchev–Trinajstić information content (AvgIpc) is 3.12. The van der Waals surface area contributed by atoms with Gasteiger partial charge in [-0.3, -0.25) is 0 Å². The molecule has 1 saturated carbocycles. The number of hydrogen-bond donors (Lipinski definition) is 1. The molecule has 3 heteroatoms. The summed E-state index contributed by atoms with van der Waals surface area (Å²) in [7, 11) is 0. The highest BCUT2D eigenvalue weighted by atomic mass is 19.1. The van der Waals surface area contributed by atoms with Gasteiger partial charge in [0.2, 0.25) is 0 Å². The van der Waals surface area contributed by atoms with E-state index in [-0.39, 0.29) is 5.82 Å². The van der Waals surface area contributed by atoms with Crippen LogP contribution in [0.15, 0.2) is 18.2 Å². The van der Waals surface area contributed by atoms with Crippen LogP contribution in [-0.4, -0.2) is 18.2 Å². The number of rotatable bonds is 6. The van der Waals surface area contributed by atoms with E-state index in [1.165, 1.54) is 18.9 Å². The Hall–Kier alpha value is -1.09. The molecule has 1 aliphatic rings. The van der Waals surface area contributed by atoms with E-state index in [0.29, 0.717) is 11.3 Å². The van der Waals surface area contributed by atoms with E-state index >= 15 is 0 Å². The molecule has 0 aliphatic heterocycles. The molecule has 0 aromatic heterocycles. The molecule has 0 spiro atoms. The minimum Gasteiger partial charge on any atom is -0.389 e. The number of halogens is 1. The van der Waals surface area contributed by atoms with E-state index in [9.17, 15) is 9.50 Å². The first-order valence-electron chi connectivity index (χ1n) is 6.84. The van der Waals surface area contributed by atoms with Crippen molar-refractivity contribution in [3.05, 3.63) is 29.6 Å². The third kappa shape index (κ3) is 3.22. The fourth-order valence-corrected chi connectivity index (χ4v) is 2.23. The molecule has 18 heavy (non-hydrogen) atoms. The first kappa shape index (κ1) is 13.3. The van der Waals surface area contributed by atoms with E-state index in [0.717, 1.165) is 25.4 Å².